The summed E-state index contributed by atoms with van der Waals surface area (Å²) >= 11 is 0. The molecule has 0 spiro atoms. The molecule has 16 heavy (non-hydrogen) atoms. The highest BCUT2D eigenvalue weighted by atomic mass is 16.2. The van der Waals surface area contributed by atoms with E-state index in [1.807, 2.05) is 6.92 Å². The Labute approximate surface area is 95.4 Å². The molecular formula is C11H17N3O2. The maximum absolute atomic E-state index is 11.8. The lowest BCUT2D eigenvalue weighted by atomic mass is 10.0. The molecule has 0 aromatic carbocycles. The topological polar surface area (TPSA) is 73.2 Å². The van der Waals surface area contributed by atoms with Crippen LogP contribution < -0.4 is 5.32 Å². The third-order valence-electron chi connectivity index (χ3n) is 2.92. The van der Waals surface area contributed by atoms with Crippen LogP contribution in [0, 0.1) is 11.3 Å². The summed E-state index contributed by atoms with van der Waals surface area (Å²) in [5.74, 6) is -0.316. The second-order valence-electron chi connectivity index (χ2n) is 4.02. The normalized spacial score (nSPS) is 23.1. The first-order chi connectivity index (χ1) is 7.60. The van der Waals surface area contributed by atoms with Gasteiger partial charge >= 0.3 is 0 Å². The van der Waals surface area contributed by atoms with Crippen LogP contribution in [0.2, 0.25) is 0 Å². The van der Waals surface area contributed by atoms with E-state index < -0.39 is 0 Å². The molecule has 0 aliphatic carbocycles. The molecule has 1 aliphatic heterocycles. The lowest BCUT2D eigenvalue weighted by Gasteiger charge is -2.30. The lowest BCUT2D eigenvalue weighted by Crippen LogP contribution is -2.53. The average Bonchev–Trinajstić information content (AvgIpc) is 2.29. The zero-order valence-corrected chi connectivity index (χ0v) is 9.69. The van der Waals surface area contributed by atoms with Gasteiger partial charge in [0.15, 0.2) is 0 Å². The number of carbonyl (C=O) groups excluding carboxylic acids is 2. The van der Waals surface area contributed by atoms with Gasteiger partial charge in [0.1, 0.15) is 0 Å². The summed E-state index contributed by atoms with van der Waals surface area (Å²) in [6.07, 6.45) is 2.11. The van der Waals surface area contributed by atoms with Crippen molar-refractivity contribution in [3.63, 3.8) is 0 Å². The molecule has 1 aliphatic rings. The monoisotopic (exact) mass is 223 g/mol. The van der Waals surface area contributed by atoms with E-state index in [2.05, 4.69) is 11.4 Å². The minimum Gasteiger partial charge on any atom is -0.302 e. The molecule has 2 atom stereocenters. The van der Waals surface area contributed by atoms with E-state index in [1.54, 1.807) is 0 Å². The first-order valence-corrected chi connectivity index (χ1v) is 5.53. The predicted molar refractivity (Wildman–Crippen MR) is 58.2 cm³/mol. The zero-order chi connectivity index (χ0) is 12.1. The molecule has 0 radical (unpaired) electrons. The zero-order valence-electron chi connectivity index (χ0n) is 9.69. The number of hydrogen-bond donors (Lipinski definition) is 1. The van der Waals surface area contributed by atoms with Gasteiger partial charge in [-0.3, -0.25) is 14.5 Å². The molecule has 0 bridgehead atoms. The van der Waals surface area contributed by atoms with Crippen molar-refractivity contribution in [2.24, 2.45) is 0 Å². The van der Waals surface area contributed by atoms with E-state index in [0.29, 0.717) is 19.3 Å². The fraction of sp³-hybridized carbons (Fsp3) is 0.727. The summed E-state index contributed by atoms with van der Waals surface area (Å²) in [6.45, 7) is 1.97. The number of likely N-dealkylation sites (N-methyl/N-ethyl adjacent to an activating group) is 1. The Kier molecular flexibility index (Phi) is 4.44. The van der Waals surface area contributed by atoms with E-state index in [1.165, 1.54) is 11.9 Å². The first-order valence-electron chi connectivity index (χ1n) is 5.53. The molecule has 1 saturated heterocycles. The number of nitriles is 1. The van der Waals surface area contributed by atoms with E-state index in [9.17, 15) is 9.59 Å². The number of carbonyl (C=O) groups is 2. The van der Waals surface area contributed by atoms with Gasteiger partial charge in [0.25, 0.3) is 0 Å². The second-order valence-corrected chi connectivity index (χ2v) is 4.02. The Morgan fingerprint density at radius 1 is 1.62 bits per heavy atom. The summed E-state index contributed by atoms with van der Waals surface area (Å²) in [5.41, 5.74) is 0. The summed E-state index contributed by atoms with van der Waals surface area (Å²) in [5, 5.41) is 11.8. The van der Waals surface area contributed by atoms with Gasteiger partial charge in [0.05, 0.1) is 18.5 Å². The van der Waals surface area contributed by atoms with Crippen molar-refractivity contribution in [2.75, 3.05) is 7.05 Å². The molecule has 5 nitrogen and oxygen atoms in total. The Bertz CT molecular complexity index is 322. The summed E-state index contributed by atoms with van der Waals surface area (Å²) in [4.78, 5) is 24.2. The number of hydrogen-bond acceptors (Lipinski definition) is 4. The van der Waals surface area contributed by atoms with Gasteiger partial charge in [-0.15, -0.1) is 0 Å². The smallest absolute Gasteiger partial charge is 0.246 e. The van der Waals surface area contributed by atoms with Crippen LogP contribution in [0.4, 0.5) is 0 Å². The van der Waals surface area contributed by atoms with Crippen LogP contribution >= 0.6 is 0 Å². The van der Waals surface area contributed by atoms with Crippen LogP contribution in [0.3, 0.4) is 0 Å². The van der Waals surface area contributed by atoms with E-state index >= 15 is 0 Å². The van der Waals surface area contributed by atoms with Crippen LogP contribution in [0.25, 0.3) is 0 Å². The Hall–Kier alpha value is -1.41. The van der Waals surface area contributed by atoms with Crippen molar-refractivity contribution in [2.45, 2.75) is 44.7 Å². The van der Waals surface area contributed by atoms with E-state index in [4.69, 9.17) is 5.26 Å². The van der Waals surface area contributed by atoms with Crippen molar-refractivity contribution in [3.8, 4) is 6.07 Å². The second kappa shape index (κ2) is 5.61. The van der Waals surface area contributed by atoms with Crippen molar-refractivity contribution in [3.05, 3.63) is 0 Å². The molecule has 1 N–H and O–H groups in total. The van der Waals surface area contributed by atoms with Crippen molar-refractivity contribution in [1.29, 1.82) is 5.26 Å². The molecule has 0 aromatic heterocycles. The van der Waals surface area contributed by atoms with E-state index in [-0.39, 0.29) is 23.9 Å². The third kappa shape index (κ3) is 2.80. The highest BCUT2D eigenvalue weighted by molar-refractivity contribution is 6.00. The first kappa shape index (κ1) is 12.7. The number of nitrogens with zero attached hydrogens (tertiary/aromatic N) is 2. The van der Waals surface area contributed by atoms with E-state index in [0.717, 1.165) is 6.42 Å². The predicted octanol–water partition coefficient (Wildman–Crippen LogP) is 0.416. The Balaban J connectivity index is 2.58. The fourth-order valence-electron chi connectivity index (χ4n) is 1.79. The van der Waals surface area contributed by atoms with Crippen molar-refractivity contribution >= 4 is 11.8 Å². The largest absolute Gasteiger partial charge is 0.302 e. The van der Waals surface area contributed by atoms with Gasteiger partial charge < -0.3 is 5.32 Å². The highest BCUT2D eigenvalue weighted by Gasteiger charge is 2.32. The quantitative estimate of drug-likeness (QED) is 0.701. The molecule has 88 valence electrons. The fourth-order valence-corrected chi connectivity index (χ4v) is 1.79. The Morgan fingerprint density at radius 2 is 2.31 bits per heavy atom. The summed E-state index contributed by atoms with van der Waals surface area (Å²) in [7, 11) is 1.50. The average molecular weight is 223 g/mol. The SMILES string of the molecule is CCC(CC#N)NC1CCC(=O)N(C)C1=O. The van der Waals surface area contributed by atoms with Crippen LogP contribution in [-0.2, 0) is 9.59 Å². The molecule has 1 fully saturated rings. The number of imide groups is 1. The number of likely N-dealkylation sites (tertiary alicyclic amines) is 1. The van der Waals surface area contributed by atoms with Crippen LogP contribution in [0.15, 0.2) is 0 Å². The van der Waals surface area contributed by atoms with Crippen molar-refractivity contribution in [1.82, 2.24) is 10.2 Å². The van der Waals surface area contributed by atoms with Crippen LogP contribution in [0.1, 0.15) is 32.6 Å². The molecular weight excluding hydrogens is 206 g/mol. The van der Waals surface area contributed by atoms with Gasteiger partial charge in [0.2, 0.25) is 11.8 Å². The van der Waals surface area contributed by atoms with Crippen LogP contribution in [0.5, 0.6) is 0 Å². The highest BCUT2D eigenvalue weighted by Crippen LogP contribution is 2.13. The lowest BCUT2D eigenvalue weighted by molar-refractivity contribution is -0.148. The summed E-state index contributed by atoms with van der Waals surface area (Å²) < 4.78 is 0. The number of piperidine rings is 1. The minimum absolute atomic E-state index is 0.0283. The molecule has 2 amide bonds. The minimum atomic E-state index is -0.319. The molecule has 0 saturated carbocycles. The summed E-state index contributed by atoms with van der Waals surface area (Å²) in [6, 6.07) is 1.80. The molecule has 5 heteroatoms. The standard InChI is InChI=1S/C11H17N3O2/c1-3-8(6-7-12)13-9-4-5-10(15)14(2)11(9)16/h8-9,13H,3-6H2,1-2H3. The molecule has 1 rings (SSSR count). The number of nitrogens with one attached hydrogen (secondary N) is 1. The van der Waals surface area contributed by atoms with Crippen molar-refractivity contribution < 1.29 is 9.59 Å². The number of rotatable bonds is 4. The molecule has 1 heterocycles. The maximum atomic E-state index is 11.8. The van der Waals surface area contributed by atoms with Crippen LogP contribution in [-0.4, -0.2) is 35.8 Å². The Morgan fingerprint density at radius 3 is 2.88 bits per heavy atom. The van der Waals surface area contributed by atoms with Gasteiger partial charge in [-0.2, -0.15) is 5.26 Å². The van der Waals surface area contributed by atoms with Gasteiger partial charge in [-0.25, -0.2) is 0 Å². The van der Waals surface area contributed by atoms with Gasteiger partial charge in [0, 0.05) is 19.5 Å². The van der Waals surface area contributed by atoms with Gasteiger partial charge in [-0.1, -0.05) is 6.92 Å². The third-order valence-corrected chi connectivity index (χ3v) is 2.92. The number of amides is 2. The maximum Gasteiger partial charge on any atom is 0.246 e. The molecule has 2 unspecified atom stereocenters. The molecule has 0 aromatic rings. The van der Waals surface area contributed by atoms with Gasteiger partial charge in [-0.05, 0) is 12.8 Å².